The first-order valence-electron chi connectivity index (χ1n) is 12.2. The summed E-state index contributed by atoms with van der Waals surface area (Å²) in [6, 6.07) is 2.99. The number of fused-ring (bicyclic) bond motifs is 2. The normalized spacial score (nSPS) is 21.6. The lowest BCUT2D eigenvalue weighted by Gasteiger charge is -2.43. The second kappa shape index (κ2) is 9.18. The van der Waals surface area contributed by atoms with Gasteiger partial charge in [-0.05, 0) is 25.0 Å². The summed E-state index contributed by atoms with van der Waals surface area (Å²) >= 11 is 1.40. The molecular weight excluding hydrogens is 503 g/mol. The number of benzene rings is 1. The second-order valence-electron chi connectivity index (χ2n) is 9.64. The van der Waals surface area contributed by atoms with Crippen LogP contribution < -0.4 is 15.6 Å². The fraction of sp³-hybridized carbons (Fsp3) is 0.440. The van der Waals surface area contributed by atoms with E-state index in [0.29, 0.717) is 35.6 Å². The van der Waals surface area contributed by atoms with Crippen LogP contribution >= 0.6 is 11.8 Å². The summed E-state index contributed by atoms with van der Waals surface area (Å²) in [5.74, 6) is -2.69. The van der Waals surface area contributed by atoms with E-state index in [0.717, 1.165) is 25.9 Å². The number of rotatable bonds is 6. The summed E-state index contributed by atoms with van der Waals surface area (Å²) in [4.78, 5) is 53.3. The third-order valence-corrected chi connectivity index (χ3v) is 8.51. The summed E-state index contributed by atoms with van der Waals surface area (Å²) in [5.41, 5.74) is 0.272. The summed E-state index contributed by atoms with van der Waals surface area (Å²) in [6.07, 6.45) is 3.51. The van der Waals surface area contributed by atoms with Crippen molar-refractivity contribution < 1.29 is 28.6 Å². The van der Waals surface area contributed by atoms with E-state index in [4.69, 9.17) is 4.74 Å². The van der Waals surface area contributed by atoms with Gasteiger partial charge in [0.05, 0.1) is 23.0 Å². The van der Waals surface area contributed by atoms with Gasteiger partial charge in [0.25, 0.3) is 0 Å². The van der Waals surface area contributed by atoms with E-state index in [-0.39, 0.29) is 47.0 Å². The first-order valence-corrected chi connectivity index (χ1v) is 13.3. The molecule has 10 nitrogen and oxygen atoms in total. The van der Waals surface area contributed by atoms with Gasteiger partial charge in [0.1, 0.15) is 23.7 Å². The van der Waals surface area contributed by atoms with E-state index in [1.807, 2.05) is 9.47 Å². The molecule has 37 heavy (non-hydrogen) atoms. The average Bonchev–Trinajstić information content (AvgIpc) is 3.73. The van der Waals surface area contributed by atoms with Crippen LogP contribution in [0.5, 0.6) is 0 Å². The first-order chi connectivity index (χ1) is 17.8. The number of aliphatic carboxylic acids is 1. The van der Waals surface area contributed by atoms with Crippen LogP contribution in [0.25, 0.3) is 10.9 Å². The molecule has 194 valence electrons. The van der Waals surface area contributed by atoms with Crippen LogP contribution in [0.4, 0.5) is 10.1 Å². The maximum atomic E-state index is 15.2. The molecule has 0 spiro atoms. The highest BCUT2D eigenvalue weighted by molar-refractivity contribution is 8.00. The number of carboxylic acids is 1. The third kappa shape index (κ3) is 4.17. The molecule has 1 aromatic heterocycles. The number of anilines is 1. The zero-order valence-corrected chi connectivity index (χ0v) is 20.7. The minimum atomic E-state index is -1.26. The molecule has 2 aromatic rings. The van der Waals surface area contributed by atoms with Crippen molar-refractivity contribution >= 4 is 46.2 Å². The zero-order chi connectivity index (χ0) is 25.8. The van der Waals surface area contributed by atoms with Crippen LogP contribution in [0, 0.1) is 5.82 Å². The molecule has 2 saturated heterocycles. The zero-order valence-electron chi connectivity index (χ0n) is 19.9. The number of thioether (sulfide) groups is 1. The number of carbonyl (C=O) groups excluding carboxylic acids is 2. The SMILES string of the molecule is O=C(O)C1=C(COC(=O)c2cn(C3CC3)c3cc(N4CCNCC4)c(F)cc3c2=O)CSC2CC(=O)N12. The maximum Gasteiger partial charge on any atom is 0.352 e. The standard InChI is InChI=1S/C25H25FN4O6S/c26-17-7-15-18(8-19(17)28-5-3-27-4-6-28)29(14-1-2-14)10-16(23(15)32)25(35)36-11-13-12-37-21-9-20(31)30(21)22(13)24(33)34/h7-8,10,14,21,27H,1-6,9,11-12H2,(H,33,34). The average molecular weight is 529 g/mol. The summed E-state index contributed by atoms with van der Waals surface area (Å²) < 4.78 is 22.4. The molecule has 4 heterocycles. The van der Waals surface area contributed by atoms with Crippen LogP contribution in [0.2, 0.25) is 0 Å². The lowest BCUT2D eigenvalue weighted by atomic mass is 10.1. The number of aromatic nitrogens is 1. The van der Waals surface area contributed by atoms with E-state index < -0.39 is 23.2 Å². The summed E-state index contributed by atoms with van der Waals surface area (Å²) in [7, 11) is 0. The number of ether oxygens (including phenoxy) is 1. The first kappa shape index (κ1) is 24.0. The van der Waals surface area contributed by atoms with Crippen molar-refractivity contribution in [1.29, 1.82) is 0 Å². The van der Waals surface area contributed by atoms with Crippen LogP contribution in [-0.2, 0) is 14.3 Å². The quantitative estimate of drug-likeness (QED) is 0.426. The number of esters is 1. The lowest BCUT2D eigenvalue weighted by molar-refractivity contribution is -0.146. The van der Waals surface area contributed by atoms with E-state index in [2.05, 4.69) is 5.32 Å². The van der Waals surface area contributed by atoms with E-state index in [9.17, 15) is 24.3 Å². The molecule has 0 radical (unpaired) electrons. The molecule has 3 aliphatic heterocycles. The molecule has 12 heteroatoms. The molecule has 4 aliphatic rings. The Labute approximate surface area is 215 Å². The number of piperazine rings is 1. The predicted molar refractivity (Wildman–Crippen MR) is 134 cm³/mol. The topological polar surface area (TPSA) is 121 Å². The predicted octanol–water partition coefficient (Wildman–Crippen LogP) is 1.69. The Morgan fingerprint density at radius 2 is 1.95 bits per heavy atom. The van der Waals surface area contributed by atoms with Crippen molar-refractivity contribution in [2.45, 2.75) is 30.7 Å². The van der Waals surface area contributed by atoms with E-state index in [1.165, 1.54) is 28.9 Å². The number of pyridine rings is 1. The third-order valence-electron chi connectivity index (χ3n) is 7.23. The van der Waals surface area contributed by atoms with Gasteiger partial charge in [0, 0.05) is 55.1 Å². The monoisotopic (exact) mass is 528 g/mol. The largest absolute Gasteiger partial charge is 0.477 e. The van der Waals surface area contributed by atoms with Crippen LogP contribution in [0.1, 0.15) is 35.7 Å². The second-order valence-corrected chi connectivity index (χ2v) is 10.8. The molecule has 6 rings (SSSR count). The number of carbonyl (C=O) groups is 3. The molecule has 3 fully saturated rings. The number of carboxylic acid groups (broad SMARTS) is 1. The molecular formula is C25H25FN4O6S. The van der Waals surface area contributed by atoms with Gasteiger partial charge >= 0.3 is 11.9 Å². The minimum Gasteiger partial charge on any atom is -0.477 e. The molecule has 1 unspecified atom stereocenters. The Kier molecular flexibility index (Phi) is 5.95. The van der Waals surface area contributed by atoms with Crippen LogP contribution in [0.15, 0.2) is 34.4 Å². The van der Waals surface area contributed by atoms with Gasteiger partial charge in [0.15, 0.2) is 0 Å². The Morgan fingerprint density at radius 1 is 1.19 bits per heavy atom. The number of amides is 1. The van der Waals surface area contributed by atoms with Crippen molar-refractivity contribution in [3.8, 4) is 0 Å². The Morgan fingerprint density at radius 3 is 2.62 bits per heavy atom. The fourth-order valence-electron chi connectivity index (χ4n) is 5.13. The van der Waals surface area contributed by atoms with Gasteiger partial charge in [-0.3, -0.25) is 14.5 Å². The van der Waals surface area contributed by atoms with Gasteiger partial charge in [-0.1, -0.05) is 0 Å². The van der Waals surface area contributed by atoms with Gasteiger partial charge in [-0.25, -0.2) is 14.0 Å². The van der Waals surface area contributed by atoms with Gasteiger partial charge in [-0.2, -0.15) is 0 Å². The van der Waals surface area contributed by atoms with E-state index in [1.54, 1.807) is 6.07 Å². The van der Waals surface area contributed by atoms with Gasteiger partial charge < -0.3 is 24.6 Å². The summed E-state index contributed by atoms with van der Waals surface area (Å²) in [6.45, 7) is 2.42. The molecule has 1 aliphatic carbocycles. The minimum absolute atomic E-state index is 0.0985. The Hall–Kier alpha value is -3.38. The van der Waals surface area contributed by atoms with Gasteiger partial charge in [-0.15, -0.1) is 11.8 Å². The van der Waals surface area contributed by atoms with Crippen molar-refractivity contribution in [2.75, 3.05) is 43.4 Å². The highest BCUT2D eigenvalue weighted by atomic mass is 32.2. The molecule has 1 amide bonds. The van der Waals surface area contributed by atoms with Gasteiger partial charge in [0.2, 0.25) is 11.3 Å². The maximum absolute atomic E-state index is 15.2. The molecule has 1 atom stereocenters. The number of hydrogen-bond acceptors (Lipinski definition) is 8. The highest BCUT2D eigenvalue weighted by Gasteiger charge is 2.45. The fourth-order valence-corrected chi connectivity index (χ4v) is 6.37. The smallest absolute Gasteiger partial charge is 0.352 e. The molecule has 1 saturated carbocycles. The molecule has 2 N–H and O–H groups in total. The highest BCUT2D eigenvalue weighted by Crippen LogP contribution is 2.40. The lowest BCUT2D eigenvalue weighted by Crippen LogP contribution is -2.54. The Balaban J connectivity index is 1.33. The number of β-lactam (4-membered cyclic amide) rings is 1. The number of halogens is 1. The van der Waals surface area contributed by atoms with Crippen molar-refractivity contribution in [3.05, 3.63) is 51.2 Å². The van der Waals surface area contributed by atoms with Crippen LogP contribution in [0.3, 0.4) is 0 Å². The van der Waals surface area contributed by atoms with E-state index >= 15 is 4.39 Å². The molecule has 1 aromatic carbocycles. The summed E-state index contributed by atoms with van der Waals surface area (Å²) in [5, 5.41) is 12.8. The Bertz CT molecular complexity index is 1430. The van der Waals surface area contributed by atoms with Crippen molar-refractivity contribution in [1.82, 2.24) is 14.8 Å². The number of nitrogens with one attached hydrogen (secondary N) is 1. The number of hydrogen-bond donors (Lipinski definition) is 2. The number of nitrogens with zero attached hydrogens (tertiary/aromatic N) is 3. The van der Waals surface area contributed by atoms with Crippen molar-refractivity contribution in [3.63, 3.8) is 0 Å². The molecule has 0 bridgehead atoms. The van der Waals surface area contributed by atoms with Crippen LogP contribution in [-0.4, -0.2) is 76.3 Å². The van der Waals surface area contributed by atoms with Crippen molar-refractivity contribution in [2.24, 2.45) is 0 Å².